The Bertz CT molecular complexity index is 1120. The molecule has 4 atom stereocenters. The van der Waals surface area contributed by atoms with Crippen molar-refractivity contribution in [3.63, 3.8) is 0 Å². The van der Waals surface area contributed by atoms with Crippen molar-refractivity contribution < 1.29 is 33.0 Å². The Hall–Kier alpha value is -3.49. The SMILES string of the molecule is O=C(NC[C@H]1[C@@H](C(=O)NC2CCC(C(=O)O)C2)C1(F)F)OCC1c2ccccc2-c2ccccc21. The van der Waals surface area contributed by atoms with E-state index >= 15 is 0 Å². The van der Waals surface area contributed by atoms with Crippen LogP contribution < -0.4 is 10.6 Å². The first-order chi connectivity index (χ1) is 16.8. The lowest BCUT2D eigenvalue weighted by Crippen LogP contribution is -2.36. The number of rotatable bonds is 7. The average Bonchev–Trinajstić information content (AvgIpc) is 3.14. The number of carboxylic acid groups (broad SMARTS) is 1. The molecule has 3 N–H and O–H groups in total. The minimum atomic E-state index is -3.23. The first-order valence-corrected chi connectivity index (χ1v) is 11.8. The summed E-state index contributed by atoms with van der Waals surface area (Å²) in [6, 6.07) is 15.3. The summed E-state index contributed by atoms with van der Waals surface area (Å²) < 4.78 is 33.9. The van der Waals surface area contributed by atoms with E-state index < -0.39 is 47.7 Å². The molecule has 3 aliphatic rings. The van der Waals surface area contributed by atoms with Crippen molar-refractivity contribution in [2.75, 3.05) is 13.2 Å². The van der Waals surface area contributed by atoms with E-state index in [0.29, 0.717) is 12.8 Å². The summed E-state index contributed by atoms with van der Waals surface area (Å²) in [5, 5.41) is 14.0. The number of ether oxygens (including phenoxy) is 1. The molecule has 2 aromatic rings. The van der Waals surface area contributed by atoms with Crippen LogP contribution >= 0.6 is 0 Å². The van der Waals surface area contributed by atoms with Crippen molar-refractivity contribution in [1.29, 1.82) is 0 Å². The predicted octanol–water partition coefficient (Wildman–Crippen LogP) is 3.78. The number of nitrogens with one attached hydrogen (secondary N) is 2. The van der Waals surface area contributed by atoms with Crippen molar-refractivity contribution >= 4 is 18.0 Å². The Morgan fingerprint density at radius 2 is 1.63 bits per heavy atom. The Morgan fingerprint density at radius 1 is 1.00 bits per heavy atom. The van der Waals surface area contributed by atoms with Crippen molar-refractivity contribution in [3.8, 4) is 11.1 Å². The van der Waals surface area contributed by atoms with Crippen LogP contribution in [-0.2, 0) is 14.3 Å². The highest BCUT2D eigenvalue weighted by Crippen LogP contribution is 2.55. The first kappa shape index (κ1) is 23.3. The zero-order valence-electron chi connectivity index (χ0n) is 18.9. The van der Waals surface area contributed by atoms with E-state index in [2.05, 4.69) is 10.6 Å². The van der Waals surface area contributed by atoms with E-state index in [1.165, 1.54) is 0 Å². The molecule has 2 aromatic carbocycles. The zero-order valence-corrected chi connectivity index (χ0v) is 18.9. The van der Waals surface area contributed by atoms with Crippen LogP contribution in [0.1, 0.15) is 36.3 Å². The van der Waals surface area contributed by atoms with Crippen LogP contribution in [0.25, 0.3) is 11.1 Å². The number of alkyl halides is 2. The predicted molar refractivity (Wildman–Crippen MR) is 122 cm³/mol. The van der Waals surface area contributed by atoms with E-state index in [0.717, 1.165) is 22.3 Å². The van der Waals surface area contributed by atoms with Gasteiger partial charge in [0, 0.05) is 18.5 Å². The summed E-state index contributed by atoms with van der Waals surface area (Å²) in [7, 11) is 0. The largest absolute Gasteiger partial charge is 0.481 e. The van der Waals surface area contributed by atoms with Crippen LogP contribution in [0.4, 0.5) is 13.6 Å². The van der Waals surface area contributed by atoms with Crippen molar-refractivity contribution in [1.82, 2.24) is 10.6 Å². The molecule has 0 heterocycles. The van der Waals surface area contributed by atoms with Crippen LogP contribution in [-0.4, -0.2) is 48.2 Å². The Kier molecular flexibility index (Phi) is 5.94. The summed E-state index contributed by atoms with van der Waals surface area (Å²) in [5.74, 6) is -8.54. The molecular formula is C26H26F2N2O5. The maximum Gasteiger partial charge on any atom is 0.407 e. The fourth-order valence-electron chi connectivity index (χ4n) is 5.47. The maximum atomic E-state index is 14.3. The van der Waals surface area contributed by atoms with Crippen LogP contribution in [0.15, 0.2) is 48.5 Å². The van der Waals surface area contributed by atoms with Gasteiger partial charge in [0.1, 0.15) is 12.5 Å². The number of hydrogen-bond acceptors (Lipinski definition) is 4. The Balaban J connectivity index is 1.12. The van der Waals surface area contributed by atoms with Gasteiger partial charge in [-0.15, -0.1) is 0 Å². The summed E-state index contributed by atoms with van der Waals surface area (Å²) in [6.07, 6.45) is 0.286. The molecule has 5 rings (SSSR count). The monoisotopic (exact) mass is 484 g/mol. The second kappa shape index (κ2) is 8.94. The second-order valence-electron chi connectivity index (χ2n) is 9.52. The van der Waals surface area contributed by atoms with Crippen LogP contribution in [0, 0.1) is 17.8 Å². The van der Waals surface area contributed by atoms with E-state index in [-0.39, 0.29) is 25.5 Å². The van der Waals surface area contributed by atoms with Gasteiger partial charge in [-0.3, -0.25) is 9.59 Å². The number of alkyl carbamates (subject to hydrolysis) is 1. The molecule has 2 fully saturated rings. The van der Waals surface area contributed by atoms with E-state index in [1.54, 1.807) is 0 Å². The minimum absolute atomic E-state index is 0.0667. The number of hydrogen-bond donors (Lipinski definition) is 3. The summed E-state index contributed by atoms with van der Waals surface area (Å²) in [6.45, 7) is -0.318. The Labute approximate surface area is 200 Å². The van der Waals surface area contributed by atoms with E-state index in [4.69, 9.17) is 9.84 Å². The molecular weight excluding hydrogens is 458 g/mol. The van der Waals surface area contributed by atoms with Gasteiger partial charge >= 0.3 is 12.1 Å². The number of benzene rings is 2. The molecule has 35 heavy (non-hydrogen) atoms. The lowest BCUT2D eigenvalue weighted by Gasteiger charge is -2.14. The van der Waals surface area contributed by atoms with Crippen LogP contribution in [0.5, 0.6) is 0 Å². The van der Waals surface area contributed by atoms with Gasteiger partial charge in [-0.25, -0.2) is 13.6 Å². The number of aliphatic carboxylic acids is 1. The molecule has 2 saturated carbocycles. The lowest BCUT2D eigenvalue weighted by atomic mass is 9.98. The van der Waals surface area contributed by atoms with Gasteiger partial charge in [0.15, 0.2) is 0 Å². The second-order valence-corrected chi connectivity index (χ2v) is 9.52. The number of carbonyl (C=O) groups is 3. The number of fused-ring (bicyclic) bond motifs is 3. The number of carboxylic acids is 1. The summed E-state index contributed by atoms with van der Waals surface area (Å²) in [5.41, 5.74) is 4.26. The van der Waals surface area contributed by atoms with Crippen molar-refractivity contribution in [2.24, 2.45) is 17.8 Å². The third-order valence-electron chi connectivity index (χ3n) is 7.42. The van der Waals surface area contributed by atoms with Crippen molar-refractivity contribution in [3.05, 3.63) is 59.7 Å². The normalized spacial score (nSPS) is 25.9. The maximum absolute atomic E-state index is 14.3. The van der Waals surface area contributed by atoms with Gasteiger partial charge in [-0.05, 0) is 41.5 Å². The fraction of sp³-hybridized carbons (Fsp3) is 0.423. The summed E-state index contributed by atoms with van der Waals surface area (Å²) in [4.78, 5) is 35.7. The molecule has 0 saturated heterocycles. The van der Waals surface area contributed by atoms with E-state index in [1.807, 2.05) is 48.5 Å². The molecule has 2 amide bonds. The zero-order chi connectivity index (χ0) is 24.7. The molecule has 9 heteroatoms. The smallest absolute Gasteiger partial charge is 0.407 e. The topological polar surface area (TPSA) is 105 Å². The van der Waals surface area contributed by atoms with E-state index in [9.17, 15) is 23.2 Å². The van der Waals surface area contributed by atoms with Gasteiger partial charge in [0.2, 0.25) is 5.91 Å². The first-order valence-electron chi connectivity index (χ1n) is 11.8. The standard InChI is InChI=1S/C26H26F2N2O5/c27-26(28)21(22(26)23(31)30-15-10-9-14(11-15)24(32)33)12-29-25(34)35-13-20-18-7-3-1-5-16(18)17-6-2-4-8-19(17)20/h1-8,14-15,20-22H,9-13H2,(H,29,34)(H,30,31)(H,32,33)/t14?,15?,21-,22-/m0/s1. The molecule has 7 nitrogen and oxygen atoms in total. The summed E-state index contributed by atoms with van der Waals surface area (Å²) >= 11 is 0. The number of amides is 2. The molecule has 0 radical (unpaired) electrons. The average molecular weight is 484 g/mol. The van der Waals surface area contributed by atoms with Gasteiger partial charge < -0.3 is 20.5 Å². The minimum Gasteiger partial charge on any atom is -0.481 e. The third-order valence-corrected chi connectivity index (χ3v) is 7.42. The third kappa shape index (κ3) is 4.35. The quantitative estimate of drug-likeness (QED) is 0.555. The number of halogens is 2. The molecule has 2 unspecified atom stereocenters. The highest BCUT2D eigenvalue weighted by molar-refractivity contribution is 5.84. The van der Waals surface area contributed by atoms with Gasteiger partial charge in [-0.1, -0.05) is 48.5 Å². The molecule has 0 bridgehead atoms. The number of carbonyl (C=O) groups excluding carboxylic acids is 2. The lowest BCUT2D eigenvalue weighted by molar-refractivity contribution is -0.141. The molecule has 0 spiro atoms. The highest BCUT2D eigenvalue weighted by atomic mass is 19.3. The van der Waals surface area contributed by atoms with Gasteiger partial charge in [0.05, 0.1) is 11.8 Å². The Morgan fingerprint density at radius 3 is 2.23 bits per heavy atom. The fourth-order valence-corrected chi connectivity index (χ4v) is 5.47. The van der Waals surface area contributed by atoms with Gasteiger partial charge in [-0.2, -0.15) is 0 Å². The molecule has 3 aliphatic carbocycles. The molecule has 184 valence electrons. The van der Waals surface area contributed by atoms with Crippen molar-refractivity contribution in [2.45, 2.75) is 37.1 Å². The molecule has 0 aromatic heterocycles. The highest BCUT2D eigenvalue weighted by Gasteiger charge is 2.71. The van der Waals surface area contributed by atoms with Crippen LogP contribution in [0.2, 0.25) is 0 Å². The molecule has 0 aliphatic heterocycles. The van der Waals surface area contributed by atoms with Crippen LogP contribution in [0.3, 0.4) is 0 Å². The van der Waals surface area contributed by atoms with Gasteiger partial charge in [0.25, 0.3) is 5.92 Å².